The number of ether oxygens (including phenoxy) is 2. The normalized spacial score (nSPS) is 14.6. The van der Waals surface area contributed by atoms with Crippen LogP contribution in [0.4, 0.5) is 0 Å². The molecular formula is C11H21O7P. The minimum absolute atomic E-state index is 0.108. The van der Waals surface area contributed by atoms with Crippen LogP contribution in [0.1, 0.15) is 26.2 Å². The summed E-state index contributed by atoms with van der Waals surface area (Å²) in [4.78, 5) is 22.9. The summed E-state index contributed by atoms with van der Waals surface area (Å²) in [7, 11) is 1.20. The fraction of sp³-hybridized carbons (Fsp3) is 0.818. The monoisotopic (exact) mass is 296 g/mol. The summed E-state index contributed by atoms with van der Waals surface area (Å²) in [5.41, 5.74) is 0. The quantitative estimate of drug-likeness (QED) is 0.498. The summed E-state index contributed by atoms with van der Waals surface area (Å²) in [6.07, 6.45) is 0.527. The van der Waals surface area contributed by atoms with E-state index in [0.29, 0.717) is 6.42 Å². The van der Waals surface area contributed by atoms with Gasteiger partial charge in [-0.25, -0.2) is 0 Å². The lowest BCUT2D eigenvalue weighted by Gasteiger charge is -2.31. The molecule has 0 fully saturated rings. The van der Waals surface area contributed by atoms with Crippen molar-refractivity contribution in [3.05, 3.63) is 0 Å². The zero-order valence-corrected chi connectivity index (χ0v) is 12.8. The van der Waals surface area contributed by atoms with E-state index in [9.17, 15) is 14.2 Å². The first-order valence-corrected chi connectivity index (χ1v) is 7.22. The number of hydrogen-bond acceptors (Lipinski definition) is 7. The molecule has 19 heavy (non-hydrogen) atoms. The van der Waals surface area contributed by atoms with Gasteiger partial charge < -0.3 is 18.5 Å². The number of rotatable bonds is 8. The van der Waals surface area contributed by atoms with Gasteiger partial charge >= 0.3 is 19.5 Å². The van der Waals surface area contributed by atoms with E-state index < -0.39 is 24.7 Å². The molecule has 1 atom stereocenters. The van der Waals surface area contributed by atoms with Gasteiger partial charge in [0.25, 0.3) is 0 Å². The van der Waals surface area contributed by atoms with Crippen molar-refractivity contribution < 1.29 is 32.7 Å². The molecule has 0 saturated carbocycles. The molecule has 0 aromatic carbocycles. The smallest absolute Gasteiger partial charge is 0.347 e. The first-order chi connectivity index (χ1) is 8.81. The summed E-state index contributed by atoms with van der Waals surface area (Å²) in [6, 6.07) is 0. The molecule has 1 unspecified atom stereocenters. The molecule has 0 aromatic rings. The SMILES string of the molecule is COC(=O)CCCC(C)(C(=O)OC)P(=O)(OC)OC. The Labute approximate surface area is 113 Å². The van der Waals surface area contributed by atoms with Crippen LogP contribution in [-0.4, -0.2) is 45.5 Å². The Bertz CT molecular complexity index is 360. The van der Waals surface area contributed by atoms with E-state index in [4.69, 9.17) is 9.05 Å². The molecule has 0 aromatic heterocycles. The summed E-state index contributed by atoms with van der Waals surface area (Å²) in [5.74, 6) is -1.11. The second-order valence-electron chi connectivity index (χ2n) is 4.06. The molecule has 0 saturated heterocycles. The molecule has 0 spiro atoms. The zero-order chi connectivity index (χ0) is 15.1. The van der Waals surface area contributed by atoms with Gasteiger partial charge in [0.2, 0.25) is 0 Å². The molecule has 0 heterocycles. The van der Waals surface area contributed by atoms with Crippen molar-refractivity contribution >= 4 is 19.5 Å². The predicted molar refractivity (Wildman–Crippen MR) is 67.9 cm³/mol. The lowest BCUT2D eigenvalue weighted by molar-refractivity contribution is -0.145. The van der Waals surface area contributed by atoms with E-state index in [0.717, 1.165) is 0 Å². The van der Waals surface area contributed by atoms with Crippen molar-refractivity contribution in [3.63, 3.8) is 0 Å². The summed E-state index contributed by atoms with van der Waals surface area (Å²) in [6.45, 7) is 1.43. The molecule has 0 amide bonds. The Hall–Kier alpha value is -0.910. The first kappa shape index (κ1) is 18.1. The topological polar surface area (TPSA) is 88.1 Å². The number of hydrogen-bond donors (Lipinski definition) is 0. The third-order valence-electron chi connectivity index (χ3n) is 2.98. The Kier molecular flexibility index (Phi) is 7.26. The lowest BCUT2D eigenvalue weighted by Crippen LogP contribution is -2.37. The van der Waals surface area contributed by atoms with Crippen LogP contribution in [-0.2, 0) is 32.7 Å². The van der Waals surface area contributed by atoms with Crippen LogP contribution in [0.3, 0.4) is 0 Å². The summed E-state index contributed by atoms with van der Waals surface area (Å²) >= 11 is 0. The maximum atomic E-state index is 12.5. The standard InChI is InChI=1S/C11H21O7P/c1-11(10(13)16-3,19(14,17-4)18-5)8-6-7-9(12)15-2/h6-8H2,1-5H3. The molecule has 0 rings (SSSR count). The highest BCUT2D eigenvalue weighted by Crippen LogP contribution is 2.61. The molecule has 0 radical (unpaired) electrons. The van der Waals surface area contributed by atoms with Gasteiger partial charge in [0, 0.05) is 20.6 Å². The third-order valence-corrected chi connectivity index (χ3v) is 5.56. The van der Waals surface area contributed by atoms with Crippen molar-refractivity contribution in [2.75, 3.05) is 28.4 Å². The fourth-order valence-electron chi connectivity index (χ4n) is 1.73. The zero-order valence-electron chi connectivity index (χ0n) is 11.9. The van der Waals surface area contributed by atoms with Crippen LogP contribution in [0, 0.1) is 0 Å². The molecule has 0 aliphatic heterocycles. The van der Waals surface area contributed by atoms with Crippen LogP contribution in [0.2, 0.25) is 0 Å². The van der Waals surface area contributed by atoms with Crippen LogP contribution < -0.4 is 0 Å². The van der Waals surface area contributed by atoms with Crippen molar-refractivity contribution in [2.24, 2.45) is 0 Å². The van der Waals surface area contributed by atoms with Gasteiger partial charge in [0.15, 0.2) is 5.16 Å². The molecule has 0 bridgehead atoms. The van der Waals surface area contributed by atoms with Gasteiger partial charge in [-0.05, 0) is 19.8 Å². The largest absolute Gasteiger partial charge is 0.469 e. The molecule has 8 heteroatoms. The van der Waals surface area contributed by atoms with Crippen LogP contribution in [0.15, 0.2) is 0 Å². The Morgan fingerprint density at radius 3 is 1.95 bits per heavy atom. The van der Waals surface area contributed by atoms with Crippen molar-refractivity contribution in [1.82, 2.24) is 0 Å². The van der Waals surface area contributed by atoms with Crippen LogP contribution in [0.25, 0.3) is 0 Å². The van der Waals surface area contributed by atoms with Gasteiger partial charge in [-0.15, -0.1) is 0 Å². The average Bonchev–Trinajstić information content (AvgIpc) is 2.44. The highest BCUT2D eigenvalue weighted by atomic mass is 31.2. The molecule has 112 valence electrons. The lowest BCUT2D eigenvalue weighted by atomic mass is 10.0. The second-order valence-corrected chi connectivity index (χ2v) is 6.77. The number of carbonyl (C=O) groups is 2. The van der Waals surface area contributed by atoms with Crippen molar-refractivity contribution in [1.29, 1.82) is 0 Å². The van der Waals surface area contributed by atoms with E-state index in [1.54, 1.807) is 0 Å². The van der Waals surface area contributed by atoms with Gasteiger partial charge in [-0.1, -0.05) is 0 Å². The van der Waals surface area contributed by atoms with Crippen LogP contribution >= 0.6 is 7.60 Å². The highest BCUT2D eigenvalue weighted by molar-refractivity contribution is 7.56. The van der Waals surface area contributed by atoms with E-state index >= 15 is 0 Å². The molecule has 7 nitrogen and oxygen atoms in total. The number of methoxy groups -OCH3 is 2. The predicted octanol–water partition coefficient (Wildman–Crippen LogP) is 1.75. The summed E-state index contributed by atoms with van der Waals surface area (Å²) in [5, 5.41) is -1.46. The number of esters is 2. The minimum Gasteiger partial charge on any atom is -0.469 e. The molecule has 0 N–H and O–H groups in total. The fourth-order valence-corrected chi connectivity index (χ4v) is 3.43. The van der Waals surface area contributed by atoms with Gasteiger partial charge in [0.1, 0.15) is 0 Å². The van der Waals surface area contributed by atoms with Gasteiger partial charge in [-0.2, -0.15) is 0 Å². The first-order valence-electron chi connectivity index (χ1n) is 5.68. The maximum Gasteiger partial charge on any atom is 0.347 e. The summed E-state index contributed by atoms with van der Waals surface area (Å²) < 4.78 is 31.4. The average molecular weight is 296 g/mol. The van der Waals surface area contributed by atoms with Crippen molar-refractivity contribution in [2.45, 2.75) is 31.3 Å². The van der Waals surface area contributed by atoms with Gasteiger partial charge in [-0.3, -0.25) is 14.2 Å². The van der Waals surface area contributed by atoms with E-state index in [2.05, 4.69) is 9.47 Å². The Morgan fingerprint density at radius 2 is 1.58 bits per heavy atom. The Morgan fingerprint density at radius 1 is 1.05 bits per heavy atom. The molecule has 0 aliphatic rings. The van der Waals surface area contributed by atoms with Gasteiger partial charge in [0.05, 0.1) is 14.2 Å². The second kappa shape index (κ2) is 7.62. The van der Waals surface area contributed by atoms with Crippen molar-refractivity contribution in [3.8, 4) is 0 Å². The molecule has 0 aliphatic carbocycles. The van der Waals surface area contributed by atoms with E-state index in [1.165, 1.54) is 35.4 Å². The minimum atomic E-state index is -3.67. The van der Waals surface area contributed by atoms with E-state index in [-0.39, 0.29) is 12.8 Å². The Balaban J connectivity index is 5.05. The number of carbonyl (C=O) groups excluding carboxylic acids is 2. The maximum absolute atomic E-state index is 12.5. The van der Waals surface area contributed by atoms with E-state index in [1.807, 2.05) is 0 Å². The van der Waals surface area contributed by atoms with Crippen LogP contribution in [0.5, 0.6) is 0 Å². The molecular weight excluding hydrogens is 275 g/mol. The third kappa shape index (κ3) is 4.03. The highest BCUT2D eigenvalue weighted by Gasteiger charge is 2.52.